The lowest BCUT2D eigenvalue weighted by atomic mass is 9.74. The van der Waals surface area contributed by atoms with Crippen LogP contribution in [0, 0.1) is 11.3 Å². The number of nitrogens with one attached hydrogen (secondary N) is 2. The Morgan fingerprint density at radius 1 is 1.28 bits per heavy atom. The Labute approximate surface area is 110 Å². The Morgan fingerprint density at radius 3 is 2.67 bits per heavy atom. The molecular formula is C14H26N2O2. The van der Waals surface area contributed by atoms with E-state index in [1.165, 1.54) is 19.3 Å². The van der Waals surface area contributed by atoms with Crippen molar-refractivity contribution in [2.24, 2.45) is 11.3 Å². The Kier molecular flexibility index (Phi) is 5.01. The smallest absolute Gasteiger partial charge is 0.224 e. The lowest BCUT2D eigenvalue weighted by Gasteiger charge is -2.36. The van der Waals surface area contributed by atoms with Crippen LogP contribution in [0.3, 0.4) is 0 Å². The SMILES string of the molecule is O=C(NCC1(CO)CCCCC1)[C@H]1CCCNC1. The third kappa shape index (κ3) is 3.45. The lowest BCUT2D eigenvalue weighted by molar-refractivity contribution is -0.126. The van der Waals surface area contributed by atoms with Crippen LogP contribution < -0.4 is 10.6 Å². The van der Waals surface area contributed by atoms with Gasteiger partial charge in [0.05, 0.1) is 12.5 Å². The number of aliphatic hydroxyl groups is 1. The molecule has 0 aromatic rings. The van der Waals surface area contributed by atoms with E-state index in [0.29, 0.717) is 6.54 Å². The summed E-state index contributed by atoms with van der Waals surface area (Å²) in [7, 11) is 0. The monoisotopic (exact) mass is 254 g/mol. The number of hydrogen-bond donors (Lipinski definition) is 3. The van der Waals surface area contributed by atoms with Gasteiger partial charge in [0.25, 0.3) is 0 Å². The number of amides is 1. The summed E-state index contributed by atoms with van der Waals surface area (Å²) in [6, 6.07) is 0. The molecule has 0 aromatic heterocycles. The summed E-state index contributed by atoms with van der Waals surface area (Å²) >= 11 is 0. The third-order valence-electron chi connectivity index (χ3n) is 4.55. The van der Waals surface area contributed by atoms with Gasteiger partial charge in [0, 0.05) is 18.5 Å². The highest BCUT2D eigenvalue weighted by atomic mass is 16.3. The second-order valence-electron chi connectivity index (χ2n) is 5.98. The van der Waals surface area contributed by atoms with Crippen LogP contribution in [-0.4, -0.2) is 37.3 Å². The fourth-order valence-electron chi connectivity index (χ4n) is 3.19. The highest BCUT2D eigenvalue weighted by Crippen LogP contribution is 2.35. The van der Waals surface area contributed by atoms with Gasteiger partial charge in [0.2, 0.25) is 5.91 Å². The van der Waals surface area contributed by atoms with Crippen LogP contribution in [0.2, 0.25) is 0 Å². The van der Waals surface area contributed by atoms with Gasteiger partial charge in [-0.25, -0.2) is 0 Å². The second kappa shape index (κ2) is 6.53. The van der Waals surface area contributed by atoms with Gasteiger partial charge >= 0.3 is 0 Å². The topological polar surface area (TPSA) is 61.4 Å². The summed E-state index contributed by atoms with van der Waals surface area (Å²) in [5.74, 6) is 0.290. The highest BCUT2D eigenvalue weighted by molar-refractivity contribution is 5.79. The summed E-state index contributed by atoms with van der Waals surface area (Å²) in [6.07, 6.45) is 7.80. The van der Waals surface area contributed by atoms with Gasteiger partial charge in [-0.15, -0.1) is 0 Å². The maximum absolute atomic E-state index is 12.1. The van der Waals surface area contributed by atoms with Crippen molar-refractivity contribution in [3.8, 4) is 0 Å². The van der Waals surface area contributed by atoms with Gasteiger partial charge in [-0.05, 0) is 32.2 Å². The molecule has 0 radical (unpaired) electrons. The highest BCUT2D eigenvalue weighted by Gasteiger charge is 2.32. The first-order valence-corrected chi connectivity index (χ1v) is 7.35. The van der Waals surface area contributed by atoms with E-state index in [0.717, 1.165) is 38.8 Å². The van der Waals surface area contributed by atoms with Crippen LogP contribution in [0.15, 0.2) is 0 Å². The predicted molar refractivity (Wildman–Crippen MR) is 71.2 cm³/mol. The Balaban J connectivity index is 1.79. The minimum atomic E-state index is -0.0456. The average molecular weight is 254 g/mol. The van der Waals surface area contributed by atoms with E-state index in [9.17, 15) is 9.90 Å². The number of carbonyl (C=O) groups excluding carboxylic acids is 1. The average Bonchev–Trinajstić information content (AvgIpc) is 2.47. The summed E-state index contributed by atoms with van der Waals surface area (Å²) < 4.78 is 0. The first kappa shape index (κ1) is 13.8. The van der Waals surface area contributed by atoms with Crippen molar-refractivity contribution in [2.45, 2.75) is 44.9 Å². The molecule has 1 saturated carbocycles. The van der Waals surface area contributed by atoms with Crippen LogP contribution in [0.25, 0.3) is 0 Å². The molecule has 1 atom stereocenters. The zero-order chi connectivity index (χ0) is 12.8. The van der Waals surface area contributed by atoms with E-state index < -0.39 is 0 Å². The molecule has 1 saturated heterocycles. The molecule has 1 aliphatic heterocycles. The minimum absolute atomic E-state index is 0.0456. The maximum atomic E-state index is 12.1. The molecule has 18 heavy (non-hydrogen) atoms. The summed E-state index contributed by atoms with van der Waals surface area (Å²) in [4.78, 5) is 12.1. The number of hydrogen-bond acceptors (Lipinski definition) is 3. The largest absolute Gasteiger partial charge is 0.396 e. The van der Waals surface area contributed by atoms with Crippen molar-refractivity contribution in [2.75, 3.05) is 26.2 Å². The van der Waals surface area contributed by atoms with Crippen LogP contribution in [0.4, 0.5) is 0 Å². The maximum Gasteiger partial charge on any atom is 0.224 e. The summed E-state index contributed by atoms with van der Waals surface area (Å²) in [5, 5.41) is 15.9. The number of rotatable bonds is 4. The standard InChI is InChI=1S/C14H26N2O2/c17-11-14(6-2-1-3-7-14)10-16-13(18)12-5-4-8-15-9-12/h12,15,17H,1-11H2,(H,16,18)/t12-/m0/s1. The normalized spacial score (nSPS) is 27.7. The Bertz CT molecular complexity index is 269. The molecule has 0 unspecified atom stereocenters. The third-order valence-corrected chi connectivity index (χ3v) is 4.55. The molecule has 4 nitrogen and oxygen atoms in total. The quantitative estimate of drug-likeness (QED) is 0.702. The van der Waals surface area contributed by atoms with E-state index in [1.54, 1.807) is 0 Å². The zero-order valence-electron chi connectivity index (χ0n) is 11.2. The fourth-order valence-corrected chi connectivity index (χ4v) is 3.19. The molecule has 0 aromatic carbocycles. The van der Waals surface area contributed by atoms with E-state index in [1.807, 2.05) is 0 Å². The molecule has 104 valence electrons. The van der Waals surface area contributed by atoms with Crippen LogP contribution in [-0.2, 0) is 4.79 Å². The van der Waals surface area contributed by atoms with Gasteiger partial charge in [0.15, 0.2) is 0 Å². The van der Waals surface area contributed by atoms with E-state index in [-0.39, 0.29) is 23.8 Å². The van der Waals surface area contributed by atoms with Crippen molar-refractivity contribution in [1.82, 2.24) is 10.6 Å². The van der Waals surface area contributed by atoms with Crippen molar-refractivity contribution >= 4 is 5.91 Å². The first-order valence-electron chi connectivity index (χ1n) is 7.35. The molecular weight excluding hydrogens is 228 g/mol. The van der Waals surface area contributed by atoms with Gasteiger partial charge in [-0.1, -0.05) is 19.3 Å². The van der Waals surface area contributed by atoms with Crippen molar-refractivity contribution in [1.29, 1.82) is 0 Å². The lowest BCUT2D eigenvalue weighted by Crippen LogP contribution is -2.46. The van der Waals surface area contributed by atoms with E-state index in [4.69, 9.17) is 0 Å². The van der Waals surface area contributed by atoms with Gasteiger partial charge < -0.3 is 15.7 Å². The van der Waals surface area contributed by atoms with Crippen LogP contribution >= 0.6 is 0 Å². The molecule has 2 aliphatic rings. The van der Waals surface area contributed by atoms with Crippen molar-refractivity contribution in [3.05, 3.63) is 0 Å². The fraction of sp³-hybridized carbons (Fsp3) is 0.929. The van der Waals surface area contributed by atoms with E-state index >= 15 is 0 Å². The molecule has 2 rings (SSSR count). The second-order valence-corrected chi connectivity index (χ2v) is 5.98. The molecule has 3 N–H and O–H groups in total. The summed E-state index contributed by atoms with van der Waals surface area (Å²) in [5.41, 5.74) is -0.0456. The van der Waals surface area contributed by atoms with Gasteiger partial charge in [-0.3, -0.25) is 4.79 Å². The molecule has 4 heteroatoms. The predicted octanol–water partition coefficient (Wildman–Crippen LogP) is 1.04. The molecule has 1 amide bonds. The first-order chi connectivity index (χ1) is 8.76. The molecule has 1 aliphatic carbocycles. The minimum Gasteiger partial charge on any atom is -0.396 e. The zero-order valence-corrected chi connectivity index (χ0v) is 11.2. The van der Waals surface area contributed by atoms with Crippen LogP contribution in [0.5, 0.6) is 0 Å². The van der Waals surface area contributed by atoms with E-state index in [2.05, 4.69) is 10.6 Å². The van der Waals surface area contributed by atoms with Crippen molar-refractivity contribution in [3.63, 3.8) is 0 Å². The molecule has 1 heterocycles. The molecule has 2 fully saturated rings. The van der Waals surface area contributed by atoms with Crippen LogP contribution in [0.1, 0.15) is 44.9 Å². The number of aliphatic hydroxyl groups excluding tert-OH is 1. The number of carbonyl (C=O) groups is 1. The van der Waals surface area contributed by atoms with Crippen molar-refractivity contribution < 1.29 is 9.90 Å². The summed E-state index contributed by atoms with van der Waals surface area (Å²) in [6.45, 7) is 2.69. The number of piperidine rings is 1. The van der Waals surface area contributed by atoms with Gasteiger partial charge in [0.1, 0.15) is 0 Å². The Morgan fingerprint density at radius 2 is 2.06 bits per heavy atom. The molecule has 0 spiro atoms. The Hall–Kier alpha value is -0.610. The molecule has 0 bridgehead atoms. The van der Waals surface area contributed by atoms with Gasteiger partial charge in [-0.2, -0.15) is 0 Å².